The molecule has 0 radical (unpaired) electrons. The first-order valence-corrected chi connectivity index (χ1v) is 8.50. The highest BCUT2D eigenvalue weighted by Crippen LogP contribution is 2.26. The molecule has 150 valence electrons. The molecule has 0 aliphatic heterocycles. The smallest absolute Gasteiger partial charge is 0.270 e. The van der Waals surface area contributed by atoms with Crippen molar-refractivity contribution in [2.45, 2.75) is 33.2 Å². The number of nitrogens with one attached hydrogen (secondary N) is 2. The van der Waals surface area contributed by atoms with Gasteiger partial charge in [0.1, 0.15) is 6.04 Å². The lowest BCUT2D eigenvalue weighted by molar-refractivity contribution is -0.135. The van der Waals surface area contributed by atoms with E-state index in [9.17, 15) is 22.8 Å². The third-order valence-electron chi connectivity index (χ3n) is 3.93. The summed E-state index contributed by atoms with van der Waals surface area (Å²) in [7, 11) is 0. The van der Waals surface area contributed by atoms with Gasteiger partial charge in [0.05, 0.1) is 0 Å². The Morgan fingerprint density at radius 1 is 1.00 bits per heavy atom. The largest absolute Gasteiger partial charge is 0.340 e. The molecule has 0 heterocycles. The lowest BCUT2D eigenvalue weighted by Crippen LogP contribution is -2.40. The summed E-state index contributed by atoms with van der Waals surface area (Å²) in [5.74, 6) is -5.40. The molecule has 0 aromatic heterocycles. The van der Waals surface area contributed by atoms with Gasteiger partial charge >= 0.3 is 0 Å². The van der Waals surface area contributed by atoms with E-state index in [1.165, 1.54) is 29.7 Å². The quantitative estimate of drug-likeness (QED) is 0.409. The van der Waals surface area contributed by atoms with Crippen LogP contribution in [-0.4, -0.2) is 17.0 Å². The molecule has 0 fully saturated rings. The average molecular weight is 394 g/mol. The van der Waals surface area contributed by atoms with Crippen LogP contribution in [0.2, 0.25) is 0 Å². The van der Waals surface area contributed by atoms with Gasteiger partial charge in [0.2, 0.25) is 5.91 Å². The minimum absolute atomic E-state index is 0.114. The number of rotatable bonds is 5. The van der Waals surface area contributed by atoms with E-state index < -0.39 is 29.4 Å². The molecule has 2 aromatic carbocycles. The maximum Gasteiger partial charge on any atom is 0.270 e. The summed E-state index contributed by atoms with van der Waals surface area (Å²) in [4.78, 5) is 24.1. The van der Waals surface area contributed by atoms with Crippen molar-refractivity contribution in [1.82, 2.24) is 10.8 Å². The van der Waals surface area contributed by atoms with Crippen LogP contribution >= 0.6 is 0 Å². The maximum atomic E-state index is 13.4. The lowest BCUT2D eigenvalue weighted by Gasteiger charge is -2.21. The van der Waals surface area contributed by atoms with Crippen molar-refractivity contribution in [3.8, 4) is 11.1 Å². The molecule has 2 amide bonds. The van der Waals surface area contributed by atoms with E-state index in [4.69, 9.17) is 5.21 Å². The molecule has 0 spiro atoms. The van der Waals surface area contributed by atoms with Crippen LogP contribution in [0.15, 0.2) is 36.4 Å². The van der Waals surface area contributed by atoms with Crippen LogP contribution in [0.3, 0.4) is 0 Å². The van der Waals surface area contributed by atoms with E-state index >= 15 is 0 Å². The van der Waals surface area contributed by atoms with E-state index in [1.807, 2.05) is 20.8 Å². The van der Waals surface area contributed by atoms with Crippen molar-refractivity contribution in [2.75, 3.05) is 0 Å². The molecule has 0 saturated heterocycles. The number of halogens is 3. The van der Waals surface area contributed by atoms with Crippen LogP contribution in [0.25, 0.3) is 11.1 Å². The number of carbonyl (C=O) groups is 2. The number of amides is 2. The van der Waals surface area contributed by atoms with Crippen molar-refractivity contribution in [1.29, 1.82) is 0 Å². The van der Waals surface area contributed by atoms with E-state index in [0.29, 0.717) is 11.1 Å². The monoisotopic (exact) mass is 394 g/mol. The molecule has 2 aromatic rings. The summed E-state index contributed by atoms with van der Waals surface area (Å²) >= 11 is 0. The van der Waals surface area contributed by atoms with Crippen molar-refractivity contribution in [3.05, 3.63) is 59.4 Å². The minimum atomic E-state index is -1.55. The molecule has 0 bridgehead atoms. The van der Waals surface area contributed by atoms with Gasteiger partial charge in [0.15, 0.2) is 17.5 Å². The summed E-state index contributed by atoms with van der Waals surface area (Å²) in [5, 5.41) is 11.5. The Morgan fingerprint density at radius 3 is 2.00 bits per heavy atom. The van der Waals surface area contributed by atoms with E-state index in [1.54, 1.807) is 0 Å². The first kappa shape index (κ1) is 21.4. The highest BCUT2D eigenvalue weighted by atomic mass is 19.2. The molecule has 3 N–H and O–H groups in total. The third-order valence-corrected chi connectivity index (χ3v) is 3.93. The second-order valence-electron chi connectivity index (χ2n) is 7.59. The van der Waals surface area contributed by atoms with Gasteiger partial charge in [0, 0.05) is 6.42 Å². The Kier molecular flexibility index (Phi) is 6.45. The number of hydrogen-bond acceptors (Lipinski definition) is 3. The Morgan fingerprint density at radius 2 is 1.54 bits per heavy atom. The molecule has 28 heavy (non-hydrogen) atoms. The van der Waals surface area contributed by atoms with Crippen LogP contribution in [0, 0.1) is 22.9 Å². The fraction of sp³-hybridized carbons (Fsp3) is 0.300. The van der Waals surface area contributed by atoms with Crippen molar-refractivity contribution < 1.29 is 28.0 Å². The summed E-state index contributed by atoms with van der Waals surface area (Å²) in [6, 6.07) is 6.42. The van der Waals surface area contributed by atoms with Gasteiger partial charge in [-0.3, -0.25) is 14.8 Å². The Bertz CT molecular complexity index is 854. The van der Waals surface area contributed by atoms with Gasteiger partial charge in [-0.15, -0.1) is 0 Å². The lowest BCUT2D eigenvalue weighted by atomic mass is 9.91. The summed E-state index contributed by atoms with van der Waals surface area (Å²) in [5.41, 5.74) is 2.05. The highest BCUT2D eigenvalue weighted by Gasteiger charge is 2.25. The van der Waals surface area contributed by atoms with Gasteiger partial charge in [-0.25, -0.2) is 18.7 Å². The number of carbonyl (C=O) groups excluding carboxylic acids is 2. The predicted molar refractivity (Wildman–Crippen MR) is 96.6 cm³/mol. The SMILES string of the molecule is CC(C)(C)CC(=O)NC(C(=O)NO)c1ccc(-c2cc(F)c(F)c(F)c2)cc1. The van der Waals surface area contributed by atoms with Crippen molar-refractivity contribution in [2.24, 2.45) is 5.41 Å². The molecule has 1 unspecified atom stereocenters. The normalized spacial score (nSPS) is 12.4. The predicted octanol–water partition coefficient (Wildman–Crippen LogP) is 3.87. The van der Waals surface area contributed by atoms with Crippen molar-refractivity contribution >= 4 is 11.8 Å². The molecule has 2 rings (SSSR count). The second kappa shape index (κ2) is 8.43. The fourth-order valence-electron chi connectivity index (χ4n) is 2.65. The van der Waals surface area contributed by atoms with E-state index in [-0.39, 0.29) is 23.3 Å². The molecular formula is C20H21F3N2O3. The van der Waals surface area contributed by atoms with Gasteiger partial charge in [-0.2, -0.15) is 0 Å². The Balaban J connectivity index is 2.29. The fourth-order valence-corrected chi connectivity index (χ4v) is 2.65. The number of hydroxylamine groups is 1. The molecular weight excluding hydrogens is 373 g/mol. The van der Waals surface area contributed by atoms with E-state index in [2.05, 4.69) is 5.32 Å². The molecule has 0 aliphatic carbocycles. The van der Waals surface area contributed by atoms with Crippen LogP contribution < -0.4 is 10.8 Å². The molecule has 5 nitrogen and oxygen atoms in total. The topological polar surface area (TPSA) is 78.4 Å². The zero-order chi connectivity index (χ0) is 21.1. The van der Waals surface area contributed by atoms with Gasteiger partial charge in [0.25, 0.3) is 5.91 Å². The van der Waals surface area contributed by atoms with Crippen LogP contribution in [0.5, 0.6) is 0 Å². The first-order valence-electron chi connectivity index (χ1n) is 8.50. The zero-order valence-electron chi connectivity index (χ0n) is 15.6. The highest BCUT2D eigenvalue weighted by molar-refractivity contribution is 5.88. The maximum absolute atomic E-state index is 13.4. The second-order valence-corrected chi connectivity index (χ2v) is 7.59. The van der Waals surface area contributed by atoms with Crippen LogP contribution in [0.4, 0.5) is 13.2 Å². The van der Waals surface area contributed by atoms with E-state index in [0.717, 1.165) is 12.1 Å². The Hall–Kier alpha value is -2.87. The summed E-state index contributed by atoms with van der Waals surface area (Å²) < 4.78 is 39.9. The molecule has 1 atom stereocenters. The van der Waals surface area contributed by atoms with Crippen LogP contribution in [0.1, 0.15) is 38.8 Å². The minimum Gasteiger partial charge on any atom is -0.340 e. The Labute approximate surface area is 160 Å². The van der Waals surface area contributed by atoms with Gasteiger partial charge in [-0.1, -0.05) is 45.0 Å². The first-order chi connectivity index (χ1) is 13.0. The number of benzene rings is 2. The molecule has 0 saturated carbocycles. The van der Waals surface area contributed by atoms with Gasteiger partial charge < -0.3 is 5.32 Å². The molecule has 0 aliphatic rings. The van der Waals surface area contributed by atoms with Gasteiger partial charge in [-0.05, 0) is 34.2 Å². The zero-order valence-corrected chi connectivity index (χ0v) is 15.6. The summed E-state index contributed by atoms with van der Waals surface area (Å²) in [6.45, 7) is 5.59. The average Bonchev–Trinajstić information content (AvgIpc) is 2.62. The van der Waals surface area contributed by atoms with Crippen molar-refractivity contribution in [3.63, 3.8) is 0 Å². The summed E-state index contributed by atoms with van der Waals surface area (Å²) in [6.07, 6.45) is 0.161. The van der Waals surface area contributed by atoms with Crippen LogP contribution in [-0.2, 0) is 9.59 Å². The molecule has 8 heteroatoms. The standard InChI is InChI=1S/C20H21F3N2O3/c1-20(2,3)10-16(26)24-18(19(27)25-28)12-6-4-11(5-7-12)13-8-14(21)17(23)15(22)9-13/h4-9,18,28H,10H2,1-3H3,(H,24,26)(H,25,27). The third kappa shape index (κ3) is 5.32. The number of hydrogen-bond donors (Lipinski definition) is 3.